The number of benzene rings is 2. The number of nitrogens with zero attached hydrogens (tertiary/aromatic N) is 4. The molecule has 1 aliphatic heterocycles. The molecular weight excluding hydrogens is 467 g/mol. The van der Waals surface area contributed by atoms with Crippen LogP contribution >= 0.6 is 24.8 Å². The fraction of sp³-hybridized carbons (Fsp3) is 0.391. The van der Waals surface area contributed by atoms with Crippen molar-refractivity contribution in [3.63, 3.8) is 0 Å². The molecule has 10 heteroatoms. The third kappa shape index (κ3) is 5.52. The van der Waals surface area contributed by atoms with Crippen molar-refractivity contribution >= 4 is 41.4 Å². The summed E-state index contributed by atoms with van der Waals surface area (Å²) >= 11 is 0. The number of aliphatic hydroxyl groups excluding tert-OH is 1. The normalized spacial score (nSPS) is 13.9. The molecule has 1 saturated heterocycles. The summed E-state index contributed by atoms with van der Waals surface area (Å²) in [7, 11) is 1.68. The van der Waals surface area contributed by atoms with Crippen molar-refractivity contribution < 1.29 is 9.84 Å². The van der Waals surface area contributed by atoms with Gasteiger partial charge in [0.25, 0.3) is 5.56 Å². The van der Waals surface area contributed by atoms with Gasteiger partial charge in [0, 0.05) is 39.3 Å². The smallest absolute Gasteiger partial charge is 0.331 e. The zero-order chi connectivity index (χ0) is 21.8. The van der Waals surface area contributed by atoms with E-state index in [1.165, 1.54) is 9.13 Å². The number of hydrogen-bond donors (Lipinski definition) is 1. The van der Waals surface area contributed by atoms with Crippen molar-refractivity contribution in [2.45, 2.75) is 13.1 Å². The topological polar surface area (TPSA) is 79.9 Å². The van der Waals surface area contributed by atoms with Crippen LogP contribution < -0.4 is 20.9 Å². The van der Waals surface area contributed by atoms with Crippen LogP contribution in [-0.2, 0) is 13.1 Å². The number of para-hydroxylation sites is 3. The summed E-state index contributed by atoms with van der Waals surface area (Å²) in [4.78, 5) is 30.4. The monoisotopic (exact) mass is 496 g/mol. The van der Waals surface area contributed by atoms with E-state index in [-0.39, 0.29) is 49.2 Å². The minimum absolute atomic E-state index is 0. The largest absolute Gasteiger partial charge is 0.495 e. The maximum atomic E-state index is 12.9. The van der Waals surface area contributed by atoms with E-state index in [9.17, 15) is 14.7 Å². The Hall–Kier alpha value is -2.52. The first-order valence-electron chi connectivity index (χ1n) is 10.6. The van der Waals surface area contributed by atoms with Crippen LogP contribution in [-0.4, -0.2) is 65.6 Å². The van der Waals surface area contributed by atoms with Gasteiger partial charge < -0.3 is 14.7 Å². The lowest BCUT2D eigenvalue weighted by Gasteiger charge is -2.36. The predicted molar refractivity (Wildman–Crippen MR) is 136 cm³/mol. The molecular formula is C23H30Cl2N4O4. The molecule has 2 heterocycles. The lowest BCUT2D eigenvalue weighted by atomic mass is 10.2. The number of rotatable bonds is 7. The SMILES string of the molecule is COc1ccccc1N1CCN(CCn2c(=O)c3ccccc3n(CCO)c2=O)CC1.Cl.Cl. The Balaban J connectivity index is 0.00000193. The first-order chi connectivity index (χ1) is 15.1. The van der Waals surface area contributed by atoms with Crippen LogP contribution in [0.2, 0.25) is 0 Å². The van der Waals surface area contributed by atoms with E-state index in [1.807, 2.05) is 18.2 Å². The molecule has 1 aliphatic rings. The summed E-state index contributed by atoms with van der Waals surface area (Å²) in [5.74, 6) is 0.864. The molecule has 1 N–H and O–H groups in total. The van der Waals surface area contributed by atoms with E-state index >= 15 is 0 Å². The van der Waals surface area contributed by atoms with Crippen LogP contribution in [0.5, 0.6) is 5.75 Å². The third-order valence-corrected chi connectivity index (χ3v) is 5.89. The van der Waals surface area contributed by atoms with Crippen LogP contribution in [0, 0.1) is 0 Å². The maximum absolute atomic E-state index is 12.9. The fourth-order valence-electron chi connectivity index (χ4n) is 4.23. The van der Waals surface area contributed by atoms with Crippen LogP contribution in [0.25, 0.3) is 10.9 Å². The summed E-state index contributed by atoms with van der Waals surface area (Å²) in [6, 6.07) is 15.1. The second-order valence-electron chi connectivity index (χ2n) is 7.63. The average Bonchev–Trinajstić information content (AvgIpc) is 2.82. The van der Waals surface area contributed by atoms with E-state index < -0.39 is 0 Å². The molecule has 1 aromatic heterocycles. The van der Waals surface area contributed by atoms with E-state index in [0.717, 1.165) is 37.6 Å². The molecule has 180 valence electrons. The molecule has 0 unspecified atom stereocenters. The molecule has 0 spiro atoms. The summed E-state index contributed by atoms with van der Waals surface area (Å²) in [5, 5.41) is 9.88. The molecule has 0 saturated carbocycles. The van der Waals surface area contributed by atoms with E-state index in [0.29, 0.717) is 24.0 Å². The van der Waals surface area contributed by atoms with Gasteiger partial charge in [-0.2, -0.15) is 0 Å². The minimum atomic E-state index is -0.370. The summed E-state index contributed by atoms with van der Waals surface area (Å²) in [5.41, 5.74) is 1.00. The first-order valence-corrected chi connectivity index (χ1v) is 10.6. The summed E-state index contributed by atoms with van der Waals surface area (Å²) in [6.07, 6.45) is 0. The van der Waals surface area contributed by atoms with Gasteiger partial charge in [0.05, 0.1) is 36.9 Å². The highest BCUT2D eigenvalue weighted by Crippen LogP contribution is 2.28. The molecule has 0 atom stereocenters. The van der Waals surface area contributed by atoms with Crippen LogP contribution in [0.15, 0.2) is 58.1 Å². The number of hydrogen-bond acceptors (Lipinski definition) is 6. The molecule has 8 nitrogen and oxygen atoms in total. The number of methoxy groups -OCH3 is 1. The highest BCUT2D eigenvalue weighted by molar-refractivity contribution is 5.85. The summed E-state index contributed by atoms with van der Waals surface area (Å²) < 4.78 is 8.25. The van der Waals surface area contributed by atoms with Crippen molar-refractivity contribution in [2.24, 2.45) is 0 Å². The van der Waals surface area contributed by atoms with Crippen molar-refractivity contribution in [1.29, 1.82) is 0 Å². The second kappa shape index (κ2) is 12.1. The highest BCUT2D eigenvalue weighted by Gasteiger charge is 2.20. The standard InChI is InChI=1S/C23H28N4O4.2ClH/c1-31-21-9-5-4-8-20(21)25-13-10-24(11-14-25)12-15-27-22(29)18-6-2-3-7-19(18)26(16-17-28)23(27)30;;/h2-9,28H,10-17H2,1H3;2*1H. The van der Waals surface area contributed by atoms with Gasteiger partial charge in [-0.3, -0.25) is 18.8 Å². The Labute approximate surface area is 204 Å². The highest BCUT2D eigenvalue weighted by atomic mass is 35.5. The van der Waals surface area contributed by atoms with E-state index in [2.05, 4.69) is 15.9 Å². The Morgan fingerprint density at radius 2 is 1.52 bits per heavy atom. The van der Waals surface area contributed by atoms with Gasteiger partial charge in [0.15, 0.2) is 0 Å². The number of aromatic nitrogens is 2. The van der Waals surface area contributed by atoms with Gasteiger partial charge in [-0.15, -0.1) is 24.8 Å². The quantitative estimate of drug-likeness (QED) is 0.537. The lowest BCUT2D eigenvalue weighted by molar-refractivity contribution is 0.243. The van der Waals surface area contributed by atoms with Gasteiger partial charge >= 0.3 is 5.69 Å². The third-order valence-electron chi connectivity index (χ3n) is 5.89. The number of fused-ring (bicyclic) bond motifs is 1. The zero-order valence-electron chi connectivity index (χ0n) is 18.6. The fourth-order valence-corrected chi connectivity index (χ4v) is 4.23. The van der Waals surface area contributed by atoms with Gasteiger partial charge in [0.2, 0.25) is 0 Å². The number of ether oxygens (including phenoxy) is 1. The Morgan fingerprint density at radius 3 is 2.21 bits per heavy atom. The van der Waals surface area contributed by atoms with Crippen molar-refractivity contribution in [1.82, 2.24) is 14.0 Å². The van der Waals surface area contributed by atoms with Crippen LogP contribution in [0.3, 0.4) is 0 Å². The minimum Gasteiger partial charge on any atom is -0.495 e. The maximum Gasteiger partial charge on any atom is 0.331 e. The van der Waals surface area contributed by atoms with Crippen molar-refractivity contribution in [2.75, 3.05) is 51.3 Å². The first kappa shape index (κ1) is 26.7. The Kier molecular flexibility index (Phi) is 9.79. The number of halogens is 2. The molecule has 33 heavy (non-hydrogen) atoms. The number of piperazine rings is 1. The van der Waals surface area contributed by atoms with E-state index in [4.69, 9.17) is 4.74 Å². The van der Waals surface area contributed by atoms with Gasteiger partial charge in [-0.1, -0.05) is 24.3 Å². The average molecular weight is 497 g/mol. The van der Waals surface area contributed by atoms with E-state index in [1.54, 1.807) is 31.4 Å². The molecule has 0 bridgehead atoms. The Bertz CT molecular complexity index is 1170. The molecule has 0 radical (unpaired) electrons. The molecule has 0 aliphatic carbocycles. The van der Waals surface area contributed by atoms with Crippen molar-refractivity contribution in [3.05, 3.63) is 69.4 Å². The lowest BCUT2D eigenvalue weighted by Crippen LogP contribution is -2.49. The number of aliphatic hydroxyl groups is 1. The van der Waals surface area contributed by atoms with Gasteiger partial charge in [-0.05, 0) is 24.3 Å². The molecule has 1 fully saturated rings. The van der Waals surface area contributed by atoms with Crippen LogP contribution in [0.1, 0.15) is 0 Å². The molecule has 3 aromatic rings. The zero-order valence-corrected chi connectivity index (χ0v) is 20.2. The summed E-state index contributed by atoms with van der Waals surface area (Å²) in [6.45, 7) is 4.32. The molecule has 0 amide bonds. The second-order valence-corrected chi connectivity index (χ2v) is 7.63. The predicted octanol–water partition coefficient (Wildman–Crippen LogP) is 1.83. The number of anilines is 1. The molecule has 2 aromatic carbocycles. The molecule has 4 rings (SSSR count). The van der Waals surface area contributed by atoms with Gasteiger partial charge in [-0.25, -0.2) is 4.79 Å². The van der Waals surface area contributed by atoms with Gasteiger partial charge in [0.1, 0.15) is 5.75 Å². The Morgan fingerprint density at radius 1 is 0.848 bits per heavy atom. The van der Waals surface area contributed by atoms with Crippen molar-refractivity contribution in [3.8, 4) is 5.75 Å². The van der Waals surface area contributed by atoms with Crippen LogP contribution in [0.4, 0.5) is 5.69 Å².